The maximum Gasteiger partial charge on any atom is 0.258 e. The maximum atomic E-state index is 5.62. The molecule has 0 amide bonds. The largest absolute Gasteiger partial charge is 0.380 e. The fourth-order valence-electron chi connectivity index (χ4n) is 4.13. The number of nitrogens with zero attached hydrogens (tertiary/aromatic N) is 3. The Balaban J connectivity index is 1.58. The zero-order valence-electron chi connectivity index (χ0n) is 19.8. The first-order chi connectivity index (χ1) is 16.1. The summed E-state index contributed by atoms with van der Waals surface area (Å²) in [6, 6.07) is 23.0. The van der Waals surface area contributed by atoms with E-state index < -0.39 is 0 Å². The minimum Gasteiger partial charge on any atom is -0.380 e. The molecule has 4 rings (SSSR count). The van der Waals surface area contributed by atoms with Gasteiger partial charge in [-0.15, -0.1) is 0 Å². The van der Waals surface area contributed by atoms with Crippen molar-refractivity contribution in [3.05, 3.63) is 83.4 Å². The van der Waals surface area contributed by atoms with E-state index in [9.17, 15) is 0 Å². The van der Waals surface area contributed by atoms with Crippen molar-refractivity contribution in [2.24, 2.45) is 0 Å². The van der Waals surface area contributed by atoms with Crippen LogP contribution in [0.1, 0.15) is 30.0 Å². The Morgan fingerprint density at radius 2 is 1.70 bits per heavy atom. The molecule has 1 heterocycles. The van der Waals surface area contributed by atoms with Crippen LogP contribution in [0.5, 0.6) is 0 Å². The maximum absolute atomic E-state index is 5.62. The lowest BCUT2D eigenvalue weighted by atomic mass is 9.94. The van der Waals surface area contributed by atoms with E-state index >= 15 is 0 Å². The van der Waals surface area contributed by atoms with Gasteiger partial charge in [-0.05, 0) is 66.9 Å². The fraction of sp³-hybridized carbons (Fsp3) is 0.286. The molecule has 0 aliphatic heterocycles. The molecule has 0 atom stereocenters. The lowest BCUT2D eigenvalue weighted by Gasteiger charge is -2.15. The third-order valence-electron chi connectivity index (χ3n) is 5.78. The molecular formula is C28H31N3O2. The summed E-state index contributed by atoms with van der Waals surface area (Å²) in [5.41, 5.74) is 7.77. The fourth-order valence-corrected chi connectivity index (χ4v) is 4.13. The molecule has 0 saturated heterocycles. The summed E-state index contributed by atoms with van der Waals surface area (Å²) in [4.78, 5) is 6.98. The number of hydrogen-bond donors (Lipinski definition) is 0. The van der Waals surface area contributed by atoms with E-state index in [2.05, 4.69) is 96.6 Å². The van der Waals surface area contributed by atoms with Crippen molar-refractivity contribution in [1.29, 1.82) is 0 Å². The normalized spacial score (nSPS) is 11.3. The van der Waals surface area contributed by atoms with Crippen LogP contribution in [0.4, 0.5) is 0 Å². The van der Waals surface area contributed by atoms with Gasteiger partial charge >= 0.3 is 0 Å². The molecule has 170 valence electrons. The topological polar surface area (TPSA) is 51.4 Å². The monoisotopic (exact) mass is 441 g/mol. The van der Waals surface area contributed by atoms with Gasteiger partial charge in [0.15, 0.2) is 0 Å². The summed E-state index contributed by atoms with van der Waals surface area (Å²) in [6.07, 6.45) is 1.15. The third-order valence-corrected chi connectivity index (χ3v) is 5.78. The number of ether oxygens (including phenoxy) is 1. The van der Waals surface area contributed by atoms with E-state index in [1.54, 1.807) is 7.11 Å². The number of rotatable bonds is 9. The molecule has 3 aromatic carbocycles. The second kappa shape index (κ2) is 10.6. The van der Waals surface area contributed by atoms with Crippen molar-refractivity contribution >= 4 is 0 Å². The Kier molecular flexibility index (Phi) is 7.33. The van der Waals surface area contributed by atoms with Crippen LogP contribution in [-0.4, -0.2) is 35.7 Å². The SMILES string of the molecule is CCCN(C)Cc1ccc(-c2noc(-c3ccc(-c4ccccc4C)c(COC)c3)n2)cc1. The van der Waals surface area contributed by atoms with E-state index in [0.29, 0.717) is 18.3 Å². The summed E-state index contributed by atoms with van der Waals surface area (Å²) in [6.45, 7) is 6.84. The average molecular weight is 442 g/mol. The lowest BCUT2D eigenvalue weighted by Crippen LogP contribution is -2.18. The van der Waals surface area contributed by atoms with E-state index in [1.165, 1.54) is 16.7 Å². The van der Waals surface area contributed by atoms with E-state index in [0.717, 1.165) is 41.8 Å². The van der Waals surface area contributed by atoms with Crippen LogP contribution in [0.15, 0.2) is 71.3 Å². The zero-order valence-corrected chi connectivity index (χ0v) is 19.8. The number of hydrogen-bond acceptors (Lipinski definition) is 5. The van der Waals surface area contributed by atoms with E-state index in [4.69, 9.17) is 9.26 Å². The minimum absolute atomic E-state index is 0.505. The molecule has 5 nitrogen and oxygen atoms in total. The highest BCUT2D eigenvalue weighted by Crippen LogP contribution is 2.31. The Labute approximate surface area is 196 Å². The van der Waals surface area contributed by atoms with Crippen LogP contribution in [0.25, 0.3) is 34.0 Å². The molecule has 0 bridgehead atoms. The summed E-state index contributed by atoms with van der Waals surface area (Å²) in [5.74, 6) is 1.10. The van der Waals surface area contributed by atoms with Gasteiger partial charge in [-0.25, -0.2) is 0 Å². The summed E-state index contributed by atoms with van der Waals surface area (Å²) in [5, 5.41) is 4.23. The number of aromatic nitrogens is 2. The molecule has 33 heavy (non-hydrogen) atoms. The molecule has 0 N–H and O–H groups in total. The van der Waals surface area contributed by atoms with Crippen LogP contribution in [0, 0.1) is 6.92 Å². The van der Waals surface area contributed by atoms with Crippen molar-refractivity contribution in [3.8, 4) is 34.0 Å². The van der Waals surface area contributed by atoms with Gasteiger partial charge < -0.3 is 14.2 Å². The second-order valence-electron chi connectivity index (χ2n) is 8.48. The predicted molar refractivity (Wildman–Crippen MR) is 133 cm³/mol. The first-order valence-corrected chi connectivity index (χ1v) is 11.4. The van der Waals surface area contributed by atoms with Gasteiger partial charge in [-0.3, -0.25) is 0 Å². The number of benzene rings is 3. The Bertz CT molecular complexity index is 1200. The highest BCUT2D eigenvalue weighted by molar-refractivity contribution is 5.74. The number of aryl methyl sites for hydroxylation is 1. The Hall–Kier alpha value is -3.28. The van der Waals surface area contributed by atoms with E-state index in [1.807, 2.05) is 6.07 Å². The summed E-state index contributed by atoms with van der Waals surface area (Å²) in [7, 11) is 3.86. The van der Waals surface area contributed by atoms with Crippen LogP contribution in [-0.2, 0) is 17.9 Å². The van der Waals surface area contributed by atoms with Gasteiger partial charge in [0.05, 0.1) is 6.61 Å². The Morgan fingerprint density at radius 1 is 0.939 bits per heavy atom. The standard InChI is InChI=1S/C28H31N3O2/c1-5-16-31(3)18-21-10-12-22(13-11-21)27-29-28(33-30-27)23-14-15-26(24(17-23)19-32-4)25-9-7-6-8-20(25)2/h6-15,17H,5,16,18-19H2,1-4H3. The molecule has 0 aliphatic rings. The van der Waals surface area contributed by atoms with Gasteiger partial charge in [0, 0.05) is 24.8 Å². The first kappa shape index (κ1) is 22.9. The number of methoxy groups -OCH3 is 1. The van der Waals surface area contributed by atoms with Gasteiger partial charge in [-0.2, -0.15) is 4.98 Å². The van der Waals surface area contributed by atoms with Crippen molar-refractivity contribution in [3.63, 3.8) is 0 Å². The quantitative estimate of drug-likeness (QED) is 0.302. The molecule has 0 saturated carbocycles. The summed E-state index contributed by atoms with van der Waals surface area (Å²) < 4.78 is 11.1. The highest BCUT2D eigenvalue weighted by atomic mass is 16.5. The third kappa shape index (κ3) is 5.38. The molecule has 0 radical (unpaired) electrons. The smallest absolute Gasteiger partial charge is 0.258 e. The molecule has 5 heteroatoms. The van der Waals surface area contributed by atoms with Gasteiger partial charge in [0.25, 0.3) is 5.89 Å². The molecule has 0 spiro atoms. The predicted octanol–water partition coefficient (Wildman–Crippen LogP) is 6.37. The molecular weight excluding hydrogens is 410 g/mol. The van der Waals surface area contributed by atoms with Crippen molar-refractivity contribution in [2.75, 3.05) is 20.7 Å². The van der Waals surface area contributed by atoms with Gasteiger partial charge in [-0.1, -0.05) is 66.7 Å². The first-order valence-electron chi connectivity index (χ1n) is 11.4. The zero-order chi connectivity index (χ0) is 23.2. The molecule has 4 aromatic rings. The average Bonchev–Trinajstić information content (AvgIpc) is 3.31. The van der Waals surface area contributed by atoms with E-state index in [-0.39, 0.29) is 0 Å². The Morgan fingerprint density at radius 3 is 2.42 bits per heavy atom. The molecule has 1 aromatic heterocycles. The van der Waals surface area contributed by atoms with Crippen molar-refractivity contribution in [1.82, 2.24) is 15.0 Å². The minimum atomic E-state index is 0.505. The van der Waals surface area contributed by atoms with Gasteiger partial charge in [0.1, 0.15) is 0 Å². The highest BCUT2D eigenvalue weighted by Gasteiger charge is 2.14. The molecule has 0 fully saturated rings. The lowest BCUT2D eigenvalue weighted by molar-refractivity contribution is 0.185. The van der Waals surface area contributed by atoms with Crippen LogP contribution in [0.2, 0.25) is 0 Å². The van der Waals surface area contributed by atoms with Crippen LogP contribution >= 0.6 is 0 Å². The molecule has 0 aliphatic carbocycles. The van der Waals surface area contributed by atoms with Crippen LogP contribution in [0.3, 0.4) is 0 Å². The van der Waals surface area contributed by atoms with Crippen molar-refractivity contribution in [2.45, 2.75) is 33.4 Å². The second-order valence-corrected chi connectivity index (χ2v) is 8.48. The summed E-state index contributed by atoms with van der Waals surface area (Å²) >= 11 is 0. The van der Waals surface area contributed by atoms with Crippen molar-refractivity contribution < 1.29 is 9.26 Å². The molecule has 0 unspecified atom stereocenters. The van der Waals surface area contributed by atoms with Gasteiger partial charge in [0.2, 0.25) is 5.82 Å². The van der Waals surface area contributed by atoms with Crippen LogP contribution < -0.4 is 0 Å².